The van der Waals surface area contributed by atoms with Crippen LogP contribution in [0.2, 0.25) is 0 Å². The second-order valence-corrected chi connectivity index (χ2v) is 10.1. The molecule has 1 aromatic carbocycles. The van der Waals surface area contributed by atoms with Crippen LogP contribution in [0.5, 0.6) is 0 Å². The van der Waals surface area contributed by atoms with Crippen molar-refractivity contribution in [2.75, 3.05) is 31.5 Å². The van der Waals surface area contributed by atoms with Crippen LogP contribution in [0.3, 0.4) is 0 Å². The van der Waals surface area contributed by atoms with E-state index in [0.29, 0.717) is 49.9 Å². The predicted molar refractivity (Wildman–Crippen MR) is 142 cm³/mol. The van der Waals surface area contributed by atoms with E-state index in [-0.39, 0.29) is 23.6 Å². The summed E-state index contributed by atoms with van der Waals surface area (Å²) in [6.07, 6.45) is 1.35. The molecule has 1 fully saturated rings. The van der Waals surface area contributed by atoms with Crippen LogP contribution in [0.25, 0.3) is 11.0 Å². The summed E-state index contributed by atoms with van der Waals surface area (Å²) in [5.74, 6) is 0.363. The summed E-state index contributed by atoms with van der Waals surface area (Å²) >= 11 is 0. The highest BCUT2D eigenvalue weighted by Crippen LogP contribution is 2.20. The molecule has 1 saturated heterocycles. The molecular weight excluding hydrogens is 472 g/mol. The number of rotatable bonds is 5. The highest BCUT2D eigenvalue weighted by Gasteiger charge is 2.28. The highest BCUT2D eigenvalue weighted by molar-refractivity contribution is 5.94. The van der Waals surface area contributed by atoms with Gasteiger partial charge in [0.1, 0.15) is 11.2 Å². The zero-order chi connectivity index (χ0) is 26.7. The van der Waals surface area contributed by atoms with Crippen molar-refractivity contribution in [3.05, 3.63) is 64.1 Å². The van der Waals surface area contributed by atoms with Gasteiger partial charge in [-0.2, -0.15) is 4.98 Å². The monoisotopic (exact) mass is 506 g/mol. The molecule has 1 unspecified atom stereocenters. The van der Waals surface area contributed by atoms with Crippen molar-refractivity contribution in [2.24, 2.45) is 0 Å². The SMILES string of the molecule is CCn1c(=O)ccc2cnc(NC(C)c3ccc(C(=O)N4CCN(C(=O)OC(C)(C)C)CC4)cc3)nc21. The van der Waals surface area contributed by atoms with E-state index in [0.717, 1.165) is 10.9 Å². The first-order chi connectivity index (χ1) is 17.6. The molecule has 2 aromatic heterocycles. The number of carbonyl (C=O) groups is 2. The number of aryl methyl sites for hydroxylation is 1. The van der Waals surface area contributed by atoms with E-state index in [1.165, 1.54) is 6.07 Å². The van der Waals surface area contributed by atoms with E-state index in [1.807, 2.05) is 58.9 Å². The molecular formula is C27H34N6O4. The van der Waals surface area contributed by atoms with Gasteiger partial charge in [-0.05, 0) is 58.4 Å². The Morgan fingerprint density at radius 1 is 1.03 bits per heavy atom. The van der Waals surface area contributed by atoms with Crippen LogP contribution in [0.4, 0.5) is 10.7 Å². The Kier molecular flexibility index (Phi) is 7.47. The molecule has 10 nitrogen and oxygen atoms in total. The first-order valence-corrected chi connectivity index (χ1v) is 12.6. The van der Waals surface area contributed by atoms with Gasteiger partial charge in [0.05, 0.1) is 6.04 Å². The predicted octanol–water partition coefficient (Wildman–Crippen LogP) is 3.68. The number of nitrogens with zero attached hydrogens (tertiary/aromatic N) is 5. The minimum atomic E-state index is -0.546. The maximum absolute atomic E-state index is 13.0. The number of amides is 2. The Balaban J connectivity index is 1.38. The van der Waals surface area contributed by atoms with Gasteiger partial charge in [0.2, 0.25) is 5.95 Å². The molecule has 0 radical (unpaired) electrons. The van der Waals surface area contributed by atoms with Crippen LogP contribution in [0, 0.1) is 0 Å². The van der Waals surface area contributed by atoms with E-state index in [1.54, 1.807) is 26.6 Å². The molecule has 37 heavy (non-hydrogen) atoms. The fraction of sp³-hybridized carbons (Fsp3) is 0.444. The Morgan fingerprint density at radius 2 is 1.68 bits per heavy atom. The Bertz CT molecular complexity index is 1340. The van der Waals surface area contributed by atoms with E-state index >= 15 is 0 Å². The van der Waals surface area contributed by atoms with Crippen LogP contribution < -0.4 is 10.9 Å². The van der Waals surface area contributed by atoms with Crippen molar-refractivity contribution >= 4 is 29.0 Å². The number of benzene rings is 1. The summed E-state index contributed by atoms with van der Waals surface area (Å²) in [6, 6.07) is 10.6. The number of pyridine rings is 1. The molecule has 196 valence electrons. The highest BCUT2D eigenvalue weighted by atomic mass is 16.6. The van der Waals surface area contributed by atoms with E-state index in [2.05, 4.69) is 15.3 Å². The van der Waals surface area contributed by atoms with Crippen molar-refractivity contribution in [1.82, 2.24) is 24.3 Å². The van der Waals surface area contributed by atoms with Crippen molar-refractivity contribution in [1.29, 1.82) is 0 Å². The fourth-order valence-corrected chi connectivity index (χ4v) is 4.24. The first kappa shape index (κ1) is 26.1. The van der Waals surface area contributed by atoms with Gasteiger partial charge in [0, 0.05) is 55.9 Å². The third kappa shape index (κ3) is 6.07. The average Bonchev–Trinajstić information content (AvgIpc) is 2.87. The standard InChI is InChI=1S/C27H34N6O4/c1-6-33-22(34)12-11-21-17-28-25(30-23(21)33)29-18(2)19-7-9-20(10-8-19)24(35)31-13-15-32(16-14-31)26(36)37-27(3,4)5/h7-12,17-18H,6,13-16H2,1-5H3,(H,28,29,30). The van der Waals surface area contributed by atoms with Crippen LogP contribution >= 0.6 is 0 Å². The summed E-state index contributed by atoms with van der Waals surface area (Å²) in [6.45, 7) is 11.7. The molecule has 2 amide bonds. The molecule has 0 spiro atoms. The molecule has 10 heteroatoms. The Hall–Kier alpha value is -3.95. The smallest absolute Gasteiger partial charge is 0.410 e. The van der Waals surface area contributed by atoms with E-state index < -0.39 is 5.60 Å². The van der Waals surface area contributed by atoms with Gasteiger partial charge in [-0.3, -0.25) is 14.2 Å². The molecule has 0 aliphatic carbocycles. The van der Waals surface area contributed by atoms with Crippen molar-refractivity contribution < 1.29 is 14.3 Å². The topological polar surface area (TPSA) is 110 Å². The molecule has 0 saturated carbocycles. The van der Waals surface area contributed by atoms with E-state index in [4.69, 9.17) is 4.74 Å². The van der Waals surface area contributed by atoms with Gasteiger partial charge < -0.3 is 19.9 Å². The van der Waals surface area contributed by atoms with E-state index in [9.17, 15) is 14.4 Å². The number of fused-ring (bicyclic) bond motifs is 1. The number of ether oxygens (including phenoxy) is 1. The lowest BCUT2D eigenvalue weighted by Gasteiger charge is -2.35. The minimum Gasteiger partial charge on any atom is -0.444 e. The largest absolute Gasteiger partial charge is 0.444 e. The lowest BCUT2D eigenvalue weighted by Crippen LogP contribution is -2.51. The zero-order valence-electron chi connectivity index (χ0n) is 22.0. The van der Waals surface area contributed by atoms with Gasteiger partial charge in [-0.25, -0.2) is 9.78 Å². The number of anilines is 1. The van der Waals surface area contributed by atoms with Gasteiger partial charge in [-0.1, -0.05) is 12.1 Å². The number of hydrogen-bond acceptors (Lipinski definition) is 7. The summed E-state index contributed by atoms with van der Waals surface area (Å²) < 4.78 is 7.04. The van der Waals surface area contributed by atoms with Gasteiger partial charge in [0.15, 0.2) is 0 Å². The van der Waals surface area contributed by atoms with Crippen LogP contribution in [-0.2, 0) is 11.3 Å². The van der Waals surface area contributed by atoms with Crippen molar-refractivity contribution in [3.8, 4) is 0 Å². The minimum absolute atomic E-state index is 0.0635. The van der Waals surface area contributed by atoms with Crippen molar-refractivity contribution in [2.45, 2.75) is 52.8 Å². The summed E-state index contributed by atoms with van der Waals surface area (Å²) in [7, 11) is 0. The lowest BCUT2D eigenvalue weighted by molar-refractivity contribution is 0.0141. The summed E-state index contributed by atoms with van der Waals surface area (Å²) in [4.78, 5) is 49.8. The first-order valence-electron chi connectivity index (χ1n) is 12.6. The molecule has 4 rings (SSSR count). The molecule has 1 N–H and O–H groups in total. The molecule has 3 heterocycles. The van der Waals surface area contributed by atoms with Gasteiger partial charge >= 0.3 is 6.09 Å². The lowest BCUT2D eigenvalue weighted by atomic mass is 10.1. The number of hydrogen-bond donors (Lipinski definition) is 1. The summed E-state index contributed by atoms with van der Waals surface area (Å²) in [5, 5.41) is 4.08. The van der Waals surface area contributed by atoms with Gasteiger partial charge in [-0.15, -0.1) is 0 Å². The second-order valence-electron chi connectivity index (χ2n) is 10.1. The Labute approximate surface area is 216 Å². The Morgan fingerprint density at radius 3 is 2.30 bits per heavy atom. The third-order valence-electron chi connectivity index (χ3n) is 6.26. The van der Waals surface area contributed by atoms with Crippen molar-refractivity contribution in [3.63, 3.8) is 0 Å². The number of piperazine rings is 1. The zero-order valence-corrected chi connectivity index (χ0v) is 22.0. The number of nitrogens with one attached hydrogen (secondary N) is 1. The third-order valence-corrected chi connectivity index (χ3v) is 6.26. The normalized spacial score (nSPS) is 14.9. The van der Waals surface area contributed by atoms with Crippen LogP contribution in [-0.4, -0.2) is 68.1 Å². The molecule has 0 bridgehead atoms. The fourth-order valence-electron chi connectivity index (χ4n) is 4.24. The summed E-state index contributed by atoms with van der Waals surface area (Å²) in [5.41, 5.74) is 1.51. The molecule has 3 aromatic rings. The molecule has 1 aliphatic heterocycles. The molecule has 1 aliphatic rings. The maximum Gasteiger partial charge on any atom is 0.410 e. The second kappa shape index (κ2) is 10.6. The number of carbonyl (C=O) groups excluding carboxylic acids is 2. The van der Waals surface area contributed by atoms with Crippen LogP contribution in [0.1, 0.15) is 56.6 Å². The number of aromatic nitrogens is 3. The van der Waals surface area contributed by atoms with Gasteiger partial charge in [0.25, 0.3) is 11.5 Å². The quantitative estimate of drug-likeness (QED) is 0.562. The average molecular weight is 507 g/mol. The molecule has 1 atom stereocenters. The maximum atomic E-state index is 13.0. The van der Waals surface area contributed by atoms with Crippen LogP contribution in [0.15, 0.2) is 47.4 Å².